The molecule has 0 bridgehead atoms. The van der Waals surface area contributed by atoms with Crippen LogP contribution in [0.15, 0.2) is 54.6 Å². The van der Waals surface area contributed by atoms with E-state index < -0.39 is 0 Å². The molecule has 0 heterocycles. The van der Waals surface area contributed by atoms with Crippen LogP contribution in [-0.2, 0) is 4.79 Å². The van der Waals surface area contributed by atoms with Gasteiger partial charge in [-0.3, -0.25) is 9.59 Å². The van der Waals surface area contributed by atoms with Crippen molar-refractivity contribution in [3.63, 3.8) is 0 Å². The molecule has 2 aromatic rings. The molecule has 2 N–H and O–H groups in total. The largest absolute Gasteiger partial charge is 0.376 e. The molecule has 0 spiro atoms. The Kier molecular flexibility index (Phi) is 7.06. The van der Waals surface area contributed by atoms with Crippen molar-refractivity contribution < 1.29 is 9.59 Å². The summed E-state index contributed by atoms with van der Waals surface area (Å²) in [5.74, 6) is -0.0490. The van der Waals surface area contributed by atoms with Crippen molar-refractivity contribution in [1.82, 2.24) is 5.32 Å². The van der Waals surface area contributed by atoms with Crippen LogP contribution in [0.4, 0.5) is 11.4 Å². The number of rotatable bonds is 7. The number of nitrogens with zero attached hydrogens (tertiary/aromatic N) is 1. The van der Waals surface area contributed by atoms with E-state index in [4.69, 9.17) is 0 Å². The Bertz CT molecular complexity index is 785. The van der Waals surface area contributed by atoms with Crippen molar-refractivity contribution in [2.75, 3.05) is 23.3 Å². The standard InChI is InChI=1S/C23H29N3O2/c1-2-26(21-14-7-4-8-15-21)23(28)18-10-9-13-20(16-18)24-17-22(27)25-19-11-5-3-6-12-19/h4,7-10,13-16,19,24H,2-3,5-6,11-12,17H2,1H3,(H,25,27). The number of para-hydroxylation sites is 1. The predicted octanol–water partition coefficient (Wildman–Crippen LogP) is 4.21. The zero-order valence-corrected chi connectivity index (χ0v) is 16.5. The summed E-state index contributed by atoms with van der Waals surface area (Å²) in [6, 6.07) is 17.3. The third-order valence-electron chi connectivity index (χ3n) is 5.16. The number of hydrogen-bond acceptors (Lipinski definition) is 3. The fourth-order valence-corrected chi connectivity index (χ4v) is 3.68. The van der Waals surface area contributed by atoms with E-state index in [-0.39, 0.29) is 18.4 Å². The highest BCUT2D eigenvalue weighted by Gasteiger charge is 2.17. The monoisotopic (exact) mass is 379 g/mol. The first kappa shape index (κ1) is 19.9. The molecule has 0 radical (unpaired) electrons. The van der Waals surface area contributed by atoms with Gasteiger partial charge in [-0.15, -0.1) is 0 Å². The zero-order valence-electron chi connectivity index (χ0n) is 16.5. The van der Waals surface area contributed by atoms with Gasteiger partial charge in [-0.2, -0.15) is 0 Å². The van der Waals surface area contributed by atoms with Gasteiger partial charge >= 0.3 is 0 Å². The molecule has 2 amide bonds. The lowest BCUT2D eigenvalue weighted by Gasteiger charge is -2.23. The fraction of sp³-hybridized carbons (Fsp3) is 0.391. The summed E-state index contributed by atoms with van der Waals surface area (Å²) < 4.78 is 0. The van der Waals surface area contributed by atoms with Gasteiger partial charge in [0.2, 0.25) is 5.91 Å². The highest BCUT2D eigenvalue weighted by Crippen LogP contribution is 2.19. The van der Waals surface area contributed by atoms with Crippen LogP contribution in [0.2, 0.25) is 0 Å². The van der Waals surface area contributed by atoms with Crippen LogP contribution in [0.1, 0.15) is 49.4 Å². The predicted molar refractivity (Wildman–Crippen MR) is 114 cm³/mol. The number of carbonyl (C=O) groups is 2. The van der Waals surface area contributed by atoms with Crippen molar-refractivity contribution >= 4 is 23.2 Å². The Hall–Kier alpha value is -2.82. The van der Waals surface area contributed by atoms with Gasteiger partial charge in [0.25, 0.3) is 5.91 Å². The van der Waals surface area contributed by atoms with E-state index in [1.54, 1.807) is 11.0 Å². The van der Waals surface area contributed by atoms with E-state index in [9.17, 15) is 9.59 Å². The third kappa shape index (κ3) is 5.35. The summed E-state index contributed by atoms with van der Waals surface area (Å²) in [4.78, 5) is 26.9. The number of anilines is 2. The van der Waals surface area contributed by atoms with Crippen LogP contribution in [0.25, 0.3) is 0 Å². The summed E-state index contributed by atoms with van der Waals surface area (Å²) in [7, 11) is 0. The van der Waals surface area contributed by atoms with E-state index in [2.05, 4.69) is 10.6 Å². The highest BCUT2D eigenvalue weighted by molar-refractivity contribution is 6.06. The first-order valence-electron chi connectivity index (χ1n) is 10.2. The fourth-order valence-electron chi connectivity index (χ4n) is 3.68. The van der Waals surface area contributed by atoms with Gasteiger partial charge in [0.05, 0.1) is 6.54 Å². The van der Waals surface area contributed by atoms with Crippen molar-refractivity contribution in [2.24, 2.45) is 0 Å². The van der Waals surface area contributed by atoms with Crippen molar-refractivity contribution in [3.05, 3.63) is 60.2 Å². The Morgan fingerprint density at radius 1 is 1.00 bits per heavy atom. The molecule has 5 nitrogen and oxygen atoms in total. The summed E-state index contributed by atoms with van der Waals surface area (Å²) >= 11 is 0. The number of nitrogens with one attached hydrogen (secondary N) is 2. The number of benzene rings is 2. The minimum absolute atomic E-state index is 0.00287. The number of hydrogen-bond donors (Lipinski definition) is 2. The second kappa shape index (κ2) is 9.93. The minimum Gasteiger partial charge on any atom is -0.376 e. The average Bonchev–Trinajstić information content (AvgIpc) is 2.74. The molecule has 1 fully saturated rings. The molecule has 1 aliphatic rings. The van der Waals surface area contributed by atoms with Gasteiger partial charge < -0.3 is 15.5 Å². The van der Waals surface area contributed by atoms with Gasteiger partial charge in [-0.1, -0.05) is 43.5 Å². The van der Waals surface area contributed by atoms with Crippen LogP contribution < -0.4 is 15.5 Å². The minimum atomic E-state index is -0.0518. The molecule has 2 aromatic carbocycles. The number of carbonyl (C=O) groups excluding carboxylic acids is 2. The lowest BCUT2D eigenvalue weighted by Crippen LogP contribution is -2.39. The van der Waals surface area contributed by atoms with Crippen molar-refractivity contribution in [1.29, 1.82) is 0 Å². The van der Waals surface area contributed by atoms with Gasteiger partial charge in [-0.05, 0) is 50.1 Å². The lowest BCUT2D eigenvalue weighted by atomic mass is 9.95. The Morgan fingerprint density at radius 2 is 1.75 bits per heavy atom. The van der Waals surface area contributed by atoms with Gasteiger partial charge in [0.15, 0.2) is 0 Å². The normalized spacial score (nSPS) is 14.3. The van der Waals surface area contributed by atoms with Crippen molar-refractivity contribution in [3.8, 4) is 0 Å². The van der Waals surface area contributed by atoms with Crippen molar-refractivity contribution in [2.45, 2.75) is 45.1 Å². The Labute approximate surface area is 167 Å². The number of amides is 2. The maximum absolute atomic E-state index is 12.9. The Balaban J connectivity index is 1.60. The molecule has 0 unspecified atom stereocenters. The summed E-state index contributed by atoms with van der Waals surface area (Å²) in [5, 5.41) is 6.24. The van der Waals surface area contributed by atoms with Crippen LogP contribution >= 0.6 is 0 Å². The topological polar surface area (TPSA) is 61.4 Å². The molecule has 148 valence electrons. The first-order valence-corrected chi connectivity index (χ1v) is 10.2. The van der Waals surface area contributed by atoms with Gasteiger partial charge in [0.1, 0.15) is 0 Å². The van der Waals surface area contributed by atoms with E-state index >= 15 is 0 Å². The third-order valence-corrected chi connectivity index (χ3v) is 5.16. The highest BCUT2D eigenvalue weighted by atomic mass is 16.2. The zero-order chi connectivity index (χ0) is 19.8. The SMILES string of the molecule is CCN(C(=O)c1cccc(NCC(=O)NC2CCCCC2)c1)c1ccccc1. The second-order valence-corrected chi connectivity index (χ2v) is 7.22. The van der Waals surface area contributed by atoms with Crippen LogP contribution in [-0.4, -0.2) is 30.9 Å². The smallest absolute Gasteiger partial charge is 0.258 e. The molecular weight excluding hydrogens is 350 g/mol. The molecule has 1 saturated carbocycles. The van der Waals surface area contributed by atoms with E-state index in [0.717, 1.165) is 24.2 Å². The van der Waals surface area contributed by atoms with Crippen LogP contribution in [0.3, 0.4) is 0 Å². The molecule has 0 aliphatic heterocycles. The van der Waals surface area contributed by atoms with Gasteiger partial charge in [0, 0.05) is 29.5 Å². The van der Waals surface area contributed by atoms with Gasteiger partial charge in [-0.25, -0.2) is 0 Å². The molecule has 0 aromatic heterocycles. The molecule has 3 rings (SSSR count). The first-order chi connectivity index (χ1) is 13.7. The quantitative estimate of drug-likeness (QED) is 0.757. The van der Waals surface area contributed by atoms with Crippen LogP contribution in [0, 0.1) is 0 Å². The molecule has 1 aliphatic carbocycles. The maximum atomic E-state index is 12.9. The lowest BCUT2D eigenvalue weighted by molar-refractivity contribution is -0.120. The molecule has 0 saturated heterocycles. The van der Waals surface area contributed by atoms with Crippen LogP contribution in [0.5, 0.6) is 0 Å². The van der Waals surface area contributed by atoms with E-state index in [0.29, 0.717) is 18.2 Å². The molecule has 28 heavy (non-hydrogen) atoms. The second-order valence-electron chi connectivity index (χ2n) is 7.22. The van der Waals surface area contributed by atoms with E-state index in [1.165, 1.54) is 19.3 Å². The molecule has 0 atom stereocenters. The molecule has 5 heteroatoms. The summed E-state index contributed by atoms with van der Waals surface area (Å²) in [5.41, 5.74) is 2.25. The van der Waals surface area contributed by atoms with E-state index in [1.807, 2.05) is 55.5 Å². The molecular formula is C23H29N3O2. The average molecular weight is 380 g/mol. The summed E-state index contributed by atoms with van der Waals surface area (Å²) in [6.45, 7) is 2.76. The maximum Gasteiger partial charge on any atom is 0.258 e. The Morgan fingerprint density at radius 3 is 2.46 bits per heavy atom. The summed E-state index contributed by atoms with van der Waals surface area (Å²) in [6.07, 6.45) is 5.79.